The Hall–Kier alpha value is -1.35. The number of aryl methyl sites for hydroxylation is 1. The standard InChI is InChI=1S/C16H24N2O/c1-11-3-5-13(6-4-11)12(2)10-18-16(19)14-7-8-15(17)9-14/h3-6,12,14-15H,7-10,17H2,1-2H3,(H,18,19). The second-order valence-electron chi connectivity index (χ2n) is 5.83. The first-order chi connectivity index (χ1) is 9.06. The van der Waals surface area contributed by atoms with Crippen LogP contribution in [-0.2, 0) is 4.79 Å². The van der Waals surface area contributed by atoms with E-state index in [9.17, 15) is 4.79 Å². The summed E-state index contributed by atoms with van der Waals surface area (Å²) in [7, 11) is 0. The first-order valence-corrected chi connectivity index (χ1v) is 7.16. The Labute approximate surface area is 115 Å². The Morgan fingerprint density at radius 2 is 2.05 bits per heavy atom. The van der Waals surface area contributed by atoms with Crippen LogP contribution in [0.15, 0.2) is 24.3 Å². The third kappa shape index (κ3) is 3.80. The number of carbonyl (C=O) groups excluding carboxylic acids is 1. The van der Waals surface area contributed by atoms with Gasteiger partial charge in [0, 0.05) is 18.5 Å². The largest absolute Gasteiger partial charge is 0.355 e. The van der Waals surface area contributed by atoms with Gasteiger partial charge in [0.2, 0.25) is 5.91 Å². The third-order valence-corrected chi connectivity index (χ3v) is 4.07. The first-order valence-electron chi connectivity index (χ1n) is 7.16. The van der Waals surface area contributed by atoms with Crippen LogP contribution in [0.3, 0.4) is 0 Å². The molecule has 1 saturated carbocycles. The van der Waals surface area contributed by atoms with Crippen LogP contribution < -0.4 is 11.1 Å². The van der Waals surface area contributed by atoms with E-state index in [-0.39, 0.29) is 17.9 Å². The van der Waals surface area contributed by atoms with Gasteiger partial charge in [0.15, 0.2) is 0 Å². The summed E-state index contributed by atoms with van der Waals surface area (Å²) in [5.74, 6) is 0.645. The minimum atomic E-state index is 0.125. The van der Waals surface area contributed by atoms with Crippen molar-refractivity contribution in [2.75, 3.05) is 6.54 Å². The van der Waals surface area contributed by atoms with E-state index < -0.39 is 0 Å². The number of hydrogen-bond donors (Lipinski definition) is 2. The summed E-state index contributed by atoms with van der Waals surface area (Å²) in [5, 5.41) is 3.06. The molecule has 1 amide bonds. The molecular formula is C16H24N2O. The summed E-state index contributed by atoms with van der Waals surface area (Å²) in [5.41, 5.74) is 8.38. The zero-order valence-electron chi connectivity index (χ0n) is 11.9. The molecule has 19 heavy (non-hydrogen) atoms. The average Bonchev–Trinajstić information content (AvgIpc) is 2.83. The lowest BCUT2D eigenvalue weighted by Gasteiger charge is -2.16. The highest BCUT2D eigenvalue weighted by molar-refractivity contribution is 5.79. The third-order valence-electron chi connectivity index (χ3n) is 4.07. The predicted octanol–water partition coefficient (Wildman–Crippen LogP) is 2.34. The van der Waals surface area contributed by atoms with Crippen molar-refractivity contribution in [2.45, 2.75) is 45.1 Å². The molecule has 1 aromatic carbocycles. The Bertz CT molecular complexity index is 427. The van der Waals surface area contributed by atoms with E-state index in [4.69, 9.17) is 5.73 Å². The van der Waals surface area contributed by atoms with Crippen molar-refractivity contribution < 1.29 is 4.79 Å². The molecule has 3 nitrogen and oxygen atoms in total. The summed E-state index contributed by atoms with van der Waals surface area (Å²) in [4.78, 5) is 12.0. The fourth-order valence-corrected chi connectivity index (χ4v) is 2.67. The second-order valence-corrected chi connectivity index (χ2v) is 5.83. The smallest absolute Gasteiger partial charge is 0.223 e. The van der Waals surface area contributed by atoms with Gasteiger partial charge in [-0.2, -0.15) is 0 Å². The van der Waals surface area contributed by atoms with E-state index in [1.807, 2.05) is 0 Å². The lowest BCUT2D eigenvalue weighted by Crippen LogP contribution is -2.33. The molecule has 3 N–H and O–H groups in total. The lowest BCUT2D eigenvalue weighted by molar-refractivity contribution is -0.124. The summed E-state index contributed by atoms with van der Waals surface area (Å²) in [6.45, 7) is 4.93. The normalized spacial score (nSPS) is 24.2. The molecule has 1 aromatic rings. The van der Waals surface area contributed by atoms with Gasteiger partial charge in [-0.05, 0) is 37.7 Å². The minimum absolute atomic E-state index is 0.125. The molecule has 0 saturated heterocycles. The van der Waals surface area contributed by atoms with Crippen LogP contribution in [0.5, 0.6) is 0 Å². The zero-order valence-corrected chi connectivity index (χ0v) is 11.9. The van der Waals surface area contributed by atoms with Crippen molar-refractivity contribution in [1.29, 1.82) is 0 Å². The molecule has 104 valence electrons. The van der Waals surface area contributed by atoms with Crippen molar-refractivity contribution in [3.8, 4) is 0 Å². The van der Waals surface area contributed by atoms with Gasteiger partial charge in [-0.1, -0.05) is 36.8 Å². The molecule has 1 aliphatic carbocycles. The maximum Gasteiger partial charge on any atom is 0.223 e. The fourth-order valence-electron chi connectivity index (χ4n) is 2.67. The van der Waals surface area contributed by atoms with Crippen LogP contribution in [-0.4, -0.2) is 18.5 Å². The maximum atomic E-state index is 12.0. The molecule has 3 unspecified atom stereocenters. The number of rotatable bonds is 4. The maximum absolute atomic E-state index is 12.0. The van der Waals surface area contributed by atoms with E-state index >= 15 is 0 Å². The number of nitrogens with two attached hydrogens (primary N) is 1. The summed E-state index contributed by atoms with van der Waals surface area (Å²) in [6.07, 6.45) is 2.75. The SMILES string of the molecule is Cc1ccc(C(C)CNC(=O)C2CCC(N)C2)cc1. The van der Waals surface area contributed by atoms with Crippen LogP contribution >= 0.6 is 0 Å². The van der Waals surface area contributed by atoms with Crippen molar-refractivity contribution >= 4 is 5.91 Å². The minimum Gasteiger partial charge on any atom is -0.355 e. The zero-order chi connectivity index (χ0) is 13.8. The topological polar surface area (TPSA) is 55.1 Å². The van der Waals surface area contributed by atoms with Gasteiger partial charge in [0.25, 0.3) is 0 Å². The van der Waals surface area contributed by atoms with Crippen molar-refractivity contribution in [2.24, 2.45) is 11.7 Å². The van der Waals surface area contributed by atoms with E-state index in [0.29, 0.717) is 12.5 Å². The Morgan fingerprint density at radius 3 is 2.63 bits per heavy atom. The van der Waals surface area contributed by atoms with Crippen LogP contribution in [0.2, 0.25) is 0 Å². The number of nitrogens with one attached hydrogen (secondary N) is 1. The van der Waals surface area contributed by atoms with Gasteiger partial charge >= 0.3 is 0 Å². The lowest BCUT2D eigenvalue weighted by atomic mass is 9.99. The summed E-state index contributed by atoms with van der Waals surface area (Å²) >= 11 is 0. The van der Waals surface area contributed by atoms with Crippen LogP contribution in [0, 0.1) is 12.8 Å². The highest BCUT2D eigenvalue weighted by atomic mass is 16.1. The fraction of sp³-hybridized carbons (Fsp3) is 0.562. The Morgan fingerprint density at radius 1 is 1.37 bits per heavy atom. The first kappa shape index (κ1) is 14.1. The highest BCUT2D eigenvalue weighted by Crippen LogP contribution is 2.24. The monoisotopic (exact) mass is 260 g/mol. The number of amides is 1. The van der Waals surface area contributed by atoms with Gasteiger partial charge in [0.05, 0.1) is 0 Å². The molecule has 1 aliphatic rings. The summed E-state index contributed by atoms with van der Waals surface area (Å²) < 4.78 is 0. The van der Waals surface area contributed by atoms with Gasteiger partial charge < -0.3 is 11.1 Å². The molecule has 0 bridgehead atoms. The van der Waals surface area contributed by atoms with Crippen LogP contribution in [0.4, 0.5) is 0 Å². The van der Waals surface area contributed by atoms with Gasteiger partial charge in [-0.25, -0.2) is 0 Å². The van der Waals surface area contributed by atoms with Crippen molar-refractivity contribution in [3.63, 3.8) is 0 Å². The molecular weight excluding hydrogens is 236 g/mol. The van der Waals surface area contributed by atoms with Crippen LogP contribution in [0.25, 0.3) is 0 Å². The number of hydrogen-bond acceptors (Lipinski definition) is 2. The van der Waals surface area contributed by atoms with Gasteiger partial charge in [0.1, 0.15) is 0 Å². The Kier molecular flexibility index (Phi) is 4.59. The van der Waals surface area contributed by atoms with E-state index in [1.54, 1.807) is 0 Å². The van der Waals surface area contributed by atoms with Crippen molar-refractivity contribution in [1.82, 2.24) is 5.32 Å². The van der Waals surface area contributed by atoms with Crippen molar-refractivity contribution in [3.05, 3.63) is 35.4 Å². The molecule has 1 fully saturated rings. The van der Waals surface area contributed by atoms with Gasteiger partial charge in [-0.3, -0.25) is 4.79 Å². The molecule has 0 aromatic heterocycles. The van der Waals surface area contributed by atoms with E-state index in [1.165, 1.54) is 11.1 Å². The molecule has 2 rings (SSSR count). The Balaban J connectivity index is 1.81. The predicted molar refractivity (Wildman–Crippen MR) is 77.9 cm³/mol. The van der Waals surface area contributed by atoms with Gasteiger partial charge in [-0.15, -0.1) is 0 Å². The highest BCUT2D eigenvalue weighted by Gasteiger charge is 2.27. The molecule has 3 atom stereocenters. The summed E-state index contributed by atoms with van der Waals surface area (Å²) in [6, 6.07) is 8.72. The number of benzene rings is 1. The molecule has 3 heteroatoms. The molecule has 0 heterocycles. The van der Waals surface area contributed by atoms with E-state index in [0.717, 1.165) is 19.3 Å². The average molecular weight is 260 g/mol. The molecule has 0 spiro atoms. The quantitative estimate of drug-likeness (QED) is 0.873. The molecule has 0 radical (unpaired) electrons. The number of carbonyl (C=O) groups is 1. The van der Waals surface area contributed by atoms with E-state index in [2.05, 4.69) is 43.4 Å². The molecule has 0 aliphatic heterocycles. The second kappa shape index (κ2) is 6.20. The van der Waals surface area contributed by atoms with Crippen LogP contribution in [0.1, 0.15) is 43.2 Å².